The fourth-order valence-electron chi connectivity index (χ4n) is 3.30. The average Bonchev–Trinajstić information content (AvgIpc) is 2.87. The summed E-state index contributed by atoms with van der Waals surface area (Å²) in [4.78, 5) is 12.8. The van der Waals surface area contributed by atoms with Crippen molar-refractivity contribution in [2.24, 2.45) is 0 Å². The summed E-state index contributed by atoms with van der Waals surface area (Å²) in [6.45, 7) is 2.17. The monoisotopic (exact) mass is 315 g/mol. The minimum absolute atomic E-state index is 0.222. The van der Waals surface area contributed by atoms with Gasteiger partial charge in [0.05, 0.1) is 6.61 Å². The highest BCUT2D eigenvalue weighted by atomic mass is 35.5. The van der Waals surface area contributed by atoms with Crippen molar-refractivity contribution in [3.63, 3.8) is 0 Å². The number of fused-ring (bicyclic) bond motifs is 1. The Labute approximate surface area is 135 Å². The number of anilines is 1. The zero-order chi connectivity index (χ0) is 15.7. The average molecular weight is 316 g/mol. The zero-order valence-corrected chi connectivity index (χ0v) is 13.2. The van der Waals surface area contributed by atoms with E-state index >= 15 is 0 Å². The molecule has 0 amide bonds. The van der Waals surface area contributed by atoms with E-state index in [0.717, 1.165) is 5.56 Å². The molecule has 0 radical (unpaired) electrons. The minimum Gasteiger partial charge on any atom is -0.465 e. The van der Waals surface area contributed by atoms with Gasteiger partial charge in [-0.25, -0.2) is 0 Å². The van der Waals surface area contributed by atoms with E-state index < -0.39 is 5.41 Å². The van der Waals surface area contributed by atoms with Gasteiger partial charge in [0, 0.05) is 10.7 Å². The first-order valence-electron chi connectivity index (χ1n) is 7.36. The summed E-state index contributed by atoms with van der Waals surface area (Å²) in [6.07, 6.45) is 1.21. The summed E-state index contributed by atoms with van der Waals surface area (Å²) in [5, 5.41) is 0.566. The Bertz CT molecular complexity index is 702. The summed E-state index contributed by atoms with van der Waals surface area (Å²) < 4.78 is 5.37. The van der Waals surface area contributed by atoms with Gasteiger partial charge in [-0.2, -0.15) is 0 Å². The third kappa shape index (κ3) is 2.35. The highest BCUT2D eigenvalue weighted by Gasteiger charge is 2.47. The van der Waals surface area contributed by atoms with Gasteiger partial charge >= 0.3 is 5.97 Å². The summed E-state index contributed by atoms with van der Waals surface area (Å²) in [5.74, 6) is -0.222. The molecule has 22 heavy (non-hydrogen) atoms. The fraction of sp³-hybridized carbons (Fsp3) is 0.278. The van der Waals surface area contributed by atoms with Crippen LogP contribution in [0.25, 0.3) is 0 Å². The Morgan fingerprint density at radius 2 is 1.86 bits per heavy atom. The third-order valence-corrected chi connectivity index (χ3v) is 4.53. The molecule has 114 valence electrons. The number of hydrogen-bond acceptors (Lipinski definition) is 3. The number of esters is 1. The highest BCUT2D eigenvalue weighted by molar-refractivity contribution is 6.30. The fourth-order valence-corrected chi connectivity index (χ4v) is 3.48. The van der Waals surface area contributed by atoms with Crippen LogP contribution in [0.15, 0.2) is 42.5 Å². The topological polar surface area (TPSA) is 52.3 Å². The van der Waals surface area contributed by atoms with Gasteiger partial charge in [-0.3, -0.25) is 4.79 Å². The molecule has 3 rings (SSSR count). The van der Waals surface area contributed by atoms with Gasteiger partial charge in [0.25, 0.3) is 0 Å². The second kappa shape index (κ2) is 5.65. The molecule has 0 bridgehead atoms. The van der Waals surface area contributed by atoms with Gasteiger partial charge in [-0.15, -0.1) is 0 Å². The van der Waals surface area contributed by atoms with E-state index in [4.69, 9.17) is 22.1 Å². The highest BCUT2D eigenvalue weighted by Crippen LogP contribution is 2.43. The number of carbonyl (C=O) groups is 1. The maximum atomic E-state index is 12.8. The van der Waals surface area contributed by atoms with Crippen LogP contribution in [0, 0.1) is 0 Å². The molecule has 2 aromatic rings. The lowest BCUT2D eigenvalue weighted by molar-refractivity contribution is -0.149. The standard InChI is InChI=1S/C18H18ClNO2/c1-2-22-17(21)18(15-8-7-14(19)9-16(15)20)10-12-5-3-4-6-13(12)11-18/h3-9H,2,10-11,20H2,1H3. The first kappa shape index (κ1) is 14.9. The SMILES string of the molecule is CCOC(=O)C1(c2ccc(Cl)cc2N)Cc2ccccc2C1. The molecular formula is C18H18ClNO2. The van der Waals surface area contributed by atoms with Gasteiger partial charge < -0.3 is 10.5 Å². The zero-order valence-electron chi connectivity index (χ0n) is 12.4. The summed E-state index contributed by atoms with van der Waals surface area (Å²) >= 11 is 6.00. The molecule has 0 aliphatic heterocycles. The van der Waals surface area contributed by atoms with E-state index in [9.17, 15) is 4.79 Å². The predicted octanol–water partition coefficient (Wildman–Crippen LogP) is 3.52. The second-order valence-corrected chi connectivity index (χ2v) is 6.09. The van der Waals surface area contributed by atoms with Crippen LogP contribution in [-0.2, 0) is 27.8 Å². The molecule has 1 aliphatic carbocycles. The number of nitrogens with two attached hydrogens (primary N) is 1. The predicted molar refractivity (Wildman–Crippen MR) is 88.0 cm³/mol. The largest absolute Gasteiger partial charge is 0.465 e. The maximum Gasteiger partial charge on any atom is 0.317 e. The maximum absolute atomic E-state index is 12.8. The molecule has 0 saturated heterocycles. The quantitative estimate of drug-likeness (QED) is 0.696. The van der Waals surface area contributed by atoms with E-state index in [1.165, 1.54) is 11.1 Å². The van der Waals surface area contributed by atoms with Crippen LogP contribution < -0.4 is 5.73 Å². The number of halogens is 1. The van der Waals surface area contributed by atoms with Crippen LogP contribution in [0.1, 0.15) is 23.6 Å². The Morgan fingerprint density at radius 3 is 2.41 bits per heavy atom. The number of ether oxygens (including phenoxy) is 1. The third-order valence-electron chi connectivity index (χ3n) is 4.30. The number of nitrogen functional groups attached to an aromatic ring is 1. The molecule has 0 spiro atoms. The lowest BCUT2D eigenvalue weighted by atomic mass is 9.77. The van der Waals surface area contributed by atoms with Crippen molar-refractivity contribution in [1.82, 2.24) is 0 Å². The number of benzene rings is 2. The number of carbonyl (C=O) groups excluding carboxylic acids is 1. The van der Waals surface area contributed by atoms with E-state index in [2.05, 4.69) is 12.1 Å². The first-order valence-corrected chi connectivity index (χ1v) is 7.74. The molecule has 3 nitrogen and oxygen atoms in total. The Hall–Kier alpha value is -2.00. The van der Waals surface area contributed by atoms with Crippen molar-refractivity contribution < 1.29 is 9.53 Å². The van der Waals surface area contributed by atoms with Gasteiger partial charge in [-0.1, -0.05) is 41.9 Å². The normalized spacial score (nSPS) is 15.4. The van der Waals surface area contributed by atoms with E-state index in [0.29, 0.717) is 30.2 Å². The second-order valence-electron chi connectivity index (χ2n) is 5.66. The van der Waals surface area contributed by atoms with Crippen molar-refractivity contribution in [3.05, 3.63) is 64.2 Å². The number of hydrogen-bond donors (Lipinski definition) is 1. The molecular weight excluding hydrogens is 298 g/mol. The van der Waals surface area contributed by atoms with Crippen LogP contribution in [0.3, 0.4) is 0 Å². The summed E-state index contributed by atoms with van der Waals surface area (Å²) in [5.41, 5.74) is 9.08. The van der Waals surface area contributed by atoms with Crippen LogP contribution in [0.2, 0.25) is 5.02 Å². The number of rotatable bonds is 3. The summed E-state index contributed by atoms with van der Waals surface area (Å²) in [7, 11) is 0. The minimum atomic E-state index is -0.756. The van der Waals surface area contributed by atoms with Gasteiger partial charge in [0.1, 0.15) is 5.41 Å². The van der Waals surface area contributed by atoms with Crippen LogP contribution in [-0.4, -0.2) is 12.6 Å². The van der Waals surface area contributed by atoms with Gasteiger partial charge in [0.15, 0.2) is 0 Å². The molecule has 0 fully saturated rings. The molecule has 1 aliphatic rings. The molecule has 0 aromatic heterocycles. The molecule has 0 saturated carbocycles. The van der Waals surface area contributed by atoms with Crippen molar-refractivity contribution >= 4 is 23.3 Å². The van der Waals surface area contributed by atoms with Gasteiger partial charge in [-0.05, 0) is 48.6 Å². The van der Waals surface area contributed by atoms with E-state index in [1.807, 2.05) is 25.1 Å². The summed E-state index contributed by atoms with van der Waals surface area (Å²) in [6, 6.07) is 13.4. The molecule has 0 heterocycles. The smallest absolute Gasteiger partial charge is 0.317 e. The first-order chi connectivity index (χ1) is 10.6. The van der Waals surface area contributed by atoms with E-state index in [1.54, 1.807) is 12.1 Å². The van der Waals surface area contributed by atoms with Crippen LogP contribution in [0.5, 0.6) is 0 Å². The molecule has 4 heteroatoms. The lowest BCUT2D eigenvalue weighted by Gasteiger charge is -2.28. The van der Waals surface area contributed by atoms with Crippen molar-refractivity contribution in [2.75, 3.05) is 12.3 Å². The lowest BCUT2D eigenvalue weighted by Crippen LogP contribution is -2.39. The van der Waals surface area contributed by atoms with Gasteiger partial charge in [0.2, 0.25) is 0 Å². The van der Waals surface area contributed by atoms with Crippen LogP contribution in [0.4, 0.5) is 5.69 Å². The van der Waals surface area contributed by atoms with Crippen molar-refractivity contribution in [1.29, 1.82) is 0 Å². The Kier molecular flexibility index (Phi) is 3.83. The van der Waals surface area contributed by atoms with Crippen LogP contribution >= 0.6 is 11.6 Å². The molecule has 0 atom stereocenters. The Morgan fingerprint density at radius 1 is 1.23 bits per heavy atom. The molecule has 2 aromatic carbocycles. The van der Waals surface area contributed by atoms with Crippen molar-refractivity contribution in [3.8, 4) is 0 Å². The molecule has 2 N–H and O–H groups in total. The van der Waals surface area contributed by atoms with E-state index in [-0.39, 0.29) is 5.97 Å². The van der Waals surface area contributed by atoms with Crippen molar-refractivity contribution in [2.45, 2.75) is 25.2 Å². The molecule has 0 unspecified atom stereocenters. The Balaban J connectivity index is 2.12.